The van der Waals surface area contributed by atoms with Gasteiger partial charge in [-0.1, -0.05) is 17.7 Å². The number of carbonyl (C=O) groups is 2. The Morgan fingerprint density at radius 3 is 2.76 bits per heavy atom. The lowest BCUT2D eigenvalue weighted by molar-refractivity contribution is 0.0405. The molecular formula is C24H26ClFN4O3. The van der Waals surface area contributed by atoms with Gasteiger partial charge in [-0.2, -0.15) is 0 Å². The molecule has 1 saturated heterocycles. The molecule has 0 unspecified atom stereocenters. The fourth-order valence-electron chi connectivity index (χ4n) is 4.01. The first kappa shape index (κ1) is 23.0. The number of alkyl halides is 1. The molecule has 0 N–H and O–H groups in total. The molecular weight excluding hydrogens is 447 g/mol. The molecule has 3 aromatic rings. The molecule has 1 aliphatic rings. The van der Waals surface area contributed by atoms with Crippen molar-refractivity contribution in [2.45, 2.75) is 19.4 Å². The Balaban J connectivity index is 1.51. The summed E-state index contributed by atoms with van der Waals surface area (Å²) in [6, 6.07) is 8.91. The Labute approximate surface area is 196 Å². The quantitative estimate of drug-likeness (QED) is 0.511. The third-order valence-corrected chi connectivity index (χ3v) is 6.10. The highest BCUT2D eigenvalue weighted by Crippen LogP contribution is 2.29. The Morgan fingerprint density at radius 1 is 1.24 bits per heavy atom. The molecule has 0 spiro atoms. The predicted molar refractivity (Wildman–Crippen MR) is 125 cm³/mol. The average Bonchev–Trinajstić information content (AvgIpc) is 3.24. The molecule has 2 aromatic heterocycles. The zero-order valence-corrected chi connectivity index (χ0v) is 19.4. The van der Waals surface area contributed by atoms with Crippen LogP contribution in [0.2, 0.25) is 5.02 Å². The van der Waals surface area contributed by atoms with E-state index in [0.29, 0.717) is 35.7 Å². The second kappa shape index (κ2) is 9.79. The summed E-state index contributed by atoms with van der Waals surface area (Å²) in [4.78, 5) is 33.4. The summed E-state index contributed by atoms with van der Waals surface area (Å²) in [6.07, 6.45) is 3.61. The molecule has 174 valence electrons. The van der Waals surface area contributed by atoms with Crippen molar-refractivity contribution in [1.82, 2.24) is 19.4 Å². The van der Waals surface area contributed by atoms with Gasteiger partial charge < -0.3 is 19.1 Å². The van der Waals surface area contributed by atoms with Gasteiger partial charge in [0.25, 0.3) is 5.91 Å². The number of piperazine rings is 1. The Kier molecular flexibility index (Phi) is 6.83. The maximum absolute atomic E-state index is 13.2. The highest BCUT2D eigenvalue weighted by molar-refractivity contribution is 6.35. The third kappa shape index (κ3) is 4.95. The van der Waals surface area contributed by atoms with Gasteiger partial charge in [0.1, 0.15) is 0 Å². The normalized spacial score (nSPS) is 16.3. The Hall–Kier alpha value is -3.13. The van der Waals surface area contributed by atoms with E-state index in [2.05, 4.69) is 0 Å². The SMILES string of the molecule is C[C@@H]1CN(C(=O)c2ccc3c(Cl)cc(-c4ccn(C)c4)nc3c2)CCN1C(=O)OCCCF. The molecule has 1 atom stereocenters. The summed E-state index contributed by atoms with van der Waals surface area (Å²) in [7, 11) is 1.94. The van der Waals surface area contributed by atoms with Crippen molar-refractivity contribution in [1.29, 1.82) is 0 Å². The second-order valence-corrected chi connectivity index (χ2v) is 8.64. The number of amides is 2. The number of hydrogen-bond acceptors (Lipinski definition) is 4. The first-order valence-corrected chi connectivity index (χ1v) is 11.3. The van der Waals surface area contributed by atoms with E-state index in [1.165, 1.54) is 0 Å². The van der Waals surface area contributed by atoms with Gasteiger partial charge in [-0.15, -0.1) is 0 Å². The van der Waals surface area contributed by atoms with E-state index in [1.54, 1.807) is 21.9 Å². The average molecular weight is 473 g/mol. The number of nitrogens with zero attached hydrogens (tertiary/aromatic N) is 4. The first-order chi connectivity index (χ1) is 15.9. The fraction of sp³-hybridized carbons (Fsp3) is 0.375. The van der Waals surface area contributed by atoms with Crippen molar-refractivity contribution in [3.8, 4) is 11.3 Å². The van der Waals surface area contributed by atoms with Crippen molar-refractivity contribution in [2.24, 2.45) is 7.05 Å². The maximum Gasteiger partial charge on any atom is 0.410 e. The molecule has 0 bridgehead atoms. The number of rotatable bonds is 5. The van der Waals surface area contributed by atoms with Crippen molar-refractivity contribution < 1.29 is 18.7 Å². The lowest BCUT2D eigenvalue weighted by Gasteiger charge is -2.39. The number of aromatic nitrogens is 2. The molecule has 4 rings (SSSR count). The molecule has 0 radical (unpaired) electrons. The lowest BCUT2D eigenvalue weighted by atomic mass is 10.1. The van der Waals surface area contributed by atoms with Gasteiger partial charge in [-0.05, 0) is 31.2 Å². The van der Waals surface area contributed by atoms with Gasteiger partial charge in [-0.3, -0.25) is 9.18 Å². The molecule has 1 fully saturated rings. The van der Waals surface area contributed by atoms with Crippen molar-refractivity contribution in [3.05, 3.63) is 53.3 Å². The molecule has 0 saturated carbocycles. The van der Waals surface area contributed by atoms with Crippen molar-refractivity contribution >= 4 is 34.5 Å². The van der Waals surface area contributed by atoms with E-state index in [0.717, 1.165) is 16.6 Å². The molecule has 33 heavy (non-hydrogen) atoms. The number of fused-ring (bicyclic) bond motifs is 1. The van der Waals surface area contributed by atoms with E-state index in [1.807, 2.05) is 49.1 Å². The fourth-order valence-corrected chi connectivity index (χ4v) is 4.28. The van der Waals surface area contributed by atoms with Gasteiger partial charge in [0.2, 0.25) is 0 Å². The van der Waals surface area contributed by atoms with E-state index < -0.39 is 12.8 Å². The van der Waals surface area contributed by atoms with Crippen LogP contribution >= 0.6 is 11.6 Å². The number of ether oxygens (including phenoxy) is 1. The van der Waals surface area contributed by atoms with E-state index in [4.69, 9.17) is 21.3 Å². The number of hydrogen-bond donors (Lipinski definition) is 0. The number of carbonyl (C=O) groups excluding carboxylic acids is 2. The summed E-state index contributed by atoms with van der Waals surface area (Å²) in [5.74, 6) is -0.128. The Morgan fingerprint density at radius 2 is 2.06 bits per heavy atom. The molecule has 1 aliphatic heterocycles. The number of aryl methyl sites for hydroxylation is 1. The molecule has 7 nitrogen and oxygen atoms in total. The molecule has 0 aliphatic carbocycles. The summed E-state index contributed by atoms with van der Waals surface area (Å²) < 4.78 is 19.3. The molecule has 2 amide bonds. The predicted octanol–water partition coefficient (Wildman–Crippen LogP) is 4.54. The van der Waals surface area contributed by atoms with Crippen LogP contribution in [-0.4, -0.2) is 70.3 Å². The van der Waals surface area contributed by atoms with Crippen LogP contribution in [0, 0.1) is 0 Å². The van der Waals surface area contributed by atoms with Gasteiger partial charge in [0.15, 0.2) is 0 Å². The number of halogens is 2. The van der Waals surface area contributed by atoms with E-state index >= 15 is 0 Å². The minimum absolute atomic E-state index is 0.0544. The van der Waals surface area contributed by atoms with Crippen LogP contribution in [0.3, 0.4) is 0 Å². The van der Waals surface area contributed by atoms with Crippen LogP contribution in [-0.2, 0) is 11.8 Å². The highest BCUT2D eigenvalue weighted by atomic mass is 35.5. The number of pyridine rings is 1. The molecule has 1 aromatic carbocycles. The first-order valence-electron chi connectivity index (χ1n) is 10.9. The third-order valence-electron chi connectivity index (χ3n) is 5.79. The van der Waals surface area contributed by atoms with Crippen LogP contribution in [0.25, 0.3) is 22.2 Å². The van der Waals surface area contributed by atoms with Gasteiger partial charge >= 0.3 is 6.09 Å². The maximum atomic E-state index is 13.2. The summed E-state index contributed by atoms with van der Waals surface area (Å²) in [6.45, 7) is 2.52. The van der Waals surface area contributed by atoms with Gasteiger partial charge in [-0.25, -0.2) is 9.78 Å². The molecule has 3 heterocycles. The smallest absolute Gasteiger partial charge is 0.410 e. The summed E-state index contributed by atoms with van der Waals surface area (Å²) in [5.41, 5.74) is 2.85. The highest BCUT2D eigenvalue weighted by Gasteiger charge is 2.31. The number of benzene rings is 1. The monoisotopic (exact) mass is 472 g/mol. The minimum Gasteiger partial charge on any atom is -0.449 e. The zero-order chi connectivity index (χ0) is 23.5. The lowest BCUT2D eigenvalue weighted by Crippen LogP contribution is -2.55. The van der Waals surface area contributed by atoms with Crippen molar-refractivity contribution in [3.63, 3.8) is 0 Å². The van der Waals surface area contributed by atoms with Crippen LogP contribution < -0.4 is 0 Å². The van der Waals surface area contributed by atoms with Crippen molar-refractivity contribution in [2.75, 3.05) is 32.9 Å². The minimum atomic E-state index is -0.524. The zero-order valence-electron chi connectivity index (χ0n) is 18.6. The summed E-state index contributed by atoms with van der Waals surface area (Å²) >= 11 is 6.50. The van der Waals surface area contributed by atoms with Crippen LogP contribution in [0.15, 0.2) is 42.7 Å². The largest absolute Gasteiger partial charge is 0.449 e. The summed E-state index contributed by atoms with van der Waals surface area (Å²) in [5, 5.41) is 1.36. The molecule has 9 heteroatoms. The van der Waals surface area contributed by atoms with Crippen LogP contribution in [0.4, 0.5) is 9.18 Å². The van der Waals surface area contributed by atoms with Crippen LogP contribution in [0.1, 0.15) is 23.7 Å². The second-order valence-electron chi connectivity index (χ2n) is 8.24. The van der Waals surface area contributed by atoms with E-state index in [9.17, 15) is 14.0 Å². The van der Waals surface area contributed by atoms with E-state index in [-0.39, 0.29) is 25.0 Å². The van der Waals surface area contributed by atoms with Gasteiger partial charge in [0.05, 0.1) is 29.5 Å². The van der Waals surface area contributed by atoms with Gasteiger partial charge in [0, 0.05) is 68.1 Å². The standard InChI is InChI=1S/C24H26ClFN4O3/c1-16-14-29(9-10-30(16)24(32)33-11-3-7-26)23(31)17-4-5-19-20(25)13-21(27-22(19)12-17)18-6-8-28(2)15-18/h4-6,8,12-13,15-16H,3,7,9-11,14H2,1-2H3/t16-/m1/s1. The topological polar surface area (TPSA) is 67.7 Å². The Bertz CT molecular complexity index is 1180. The van der Waals surface area contributed by atoms with Crippen LogP contribution in [0.5, 0.6) is 0 Å².